The molecule has 0 saturated heterocycles. The van der Waals surface area contributed by atoms with Gasteiger partial charge in [-0.3, -0.25) is 9.59 Å². The van der Waals surface area contributed by atoms with Crippen LogP contribution in [0.5, 0.6) is 5.75 Å². The largest absolute Gasteiger partial charge is 0.496 e. The van der Waals surface area contributed by atoms with Crippen molar-refractivity contribution in [2.75, 3.05) is 7.11 Å². The van der Waals surface area contributed by atoms with Crippen molar-refractivity contribution >= 4 is 23.0 Å². The summed E-state index contributed by atoms with van der Waals surface area (Å²) in [6.07, 6.45) is -0.198. The van der Waals surface area contributed by atoms with Crippen molar-refractivity contribution in [1.82, 2.24) is 9.55 Å². The lowest BCUT2D eigenvalue weighted by Crippen LogP contribution is -2.11. The molecule has 7 heteroatoms. The molecule has 1 heterocycles. The van der Waals surface area contributed by atoms with Crippen molar-refractivity contribution in [1.29, 1.82) is 0 Å². The van der Waals surface area contributed by atoms with Gasteiger partial charge in [0, 0.05) is 5.56 Å². The molecule has 25 heavy (non-hydrogen) atoms. The van der Waals surface area contributed by atoms with Gasteiger partial charge in [0.15, 0.2) is 0 Å². The van der Waals surface area contributed by atoms with Gasteiger partial charge in [0.2, 0.25) is 0 Å². The maximum Gasteiger partial charge on any atom is 0.323 e. The Kier molecular flexibility index (Phi) is 4.38. The van der Waals surface area contributed by atoms with Gasteiger partial charge >= 0.3 is 11.9 Å². The van der Waals surface area contributed by atoms with Crippen LogP contribution in [0, 0.1) is 0 Å². The molecule has 128 valence electrons. The number of rotatable bonds is 6. The first-order chi connectivity index (χ1) is 12.0. The Bertz CT molecular complexity index is 961. The molecule has 2 aromatic carbocycles. The van der Waals surface area contributed by atoms with Crippen molar-refractivity contribution in [3.05, 3.63) is 48.0 Å². The van der Waals surface area contributed by atoms with E-state index in [1.807, 2.05) is 12.1 Å². The highest BCUT2D eigenvalue weighted by atomic mass is 16.5. The van der Waals surface area contributed by atoms with Crippen LogP contribution in [0.1, 0.15) is 5.56 Å². The van der Waals surface area contributed by atoms with Crippen molar-refractivity contribution in [2.45, 2.75) is 13.0 Å². The number of para-hydroxylation sites is 3. The average molecular weight is 340 g/mol. The number of benzene rings is 2. The number of hydrogen-bond donors (Lipinski definition) is 2. The van der Waals surface area contributed by atoms with E-state index in [2.05, 4.69) is 4.98 Å². The third kappa shape index (κ3) is 3.16. The van der Waals surface area contributed by atoms with Gasteiger partial charge in [-0.05, 0) is 18.2 Å². The minimum absolute atomic E-state index is 0.198. The zero-order valence-electron chi connectivity index (χ0n) is 13.5. The minimum atomic E-state index is -0.995. The van der Waals surface area contributed by atoms with Gasteiger partial charge in [-0.25, -0.2) is 4.98 Å². The lowest BCUT2D eigenvalue weighted by atomic mass is 10.1. The molecular weight excluding hydrogens is 324 g/mol. The number of hydrogen-bond acceptors (Lipinski definition) is 4. The van der Waals surface area contributed by atoms with E-state index in [9.17, 15) is 14.7 Å². The molecule has 1 aromatic heterocycles. The number of nitrogens with zero attached hydrogens (tertiary/aromatic N) is 2. The molecule has 0 unspecified atom stereocenters. The quantitative estimate of drug-likeness (QED) is 0.714. The highest BCUT2D eigenvalue weighted by molar-refractivity contribution is 5.85. The lowest BCUT2D eigenvalue weighted by molar-refractivity contribution is -0.138. The summed E-state index contributed by atoms with van der Waals surface area (Å²) >= 11 is 0. The molecule has 3 aromatic rings. The number of carbonyl (C=O) groups is 2. The summed E-state index contributed by atoms with van der Waals surface area (Å²) in [6.45, 7) is -0.262. The Morgan fingerprint density at radius 2 is 1.84 bits per heavy atom. The van der Waals surface area contributed by atoms with E-state index in [1.165, 1.54) is 7.11 Å². The number of carboxylic acid groups (broad SMARTS) is 2. The third-order valence-corrected chi connectivity index (χ3v) is 3.83. The normalized spacial score (nSPS) is 10.8. The van der Waals surface area contributed by atoms with E-state index in [0.29, 0.717) is 33.7 Å². The van der Waals surface area contributed by atoms with Gasteiger partial charge in [-0.15, -0.1) is 0 Å². The van der Waals surface area contributed by atoms with E-state index < -0.39 is 11.9 Å². The fourth-order valence-corrected chi connectivity index (χ4v) is 2.88. The summed E-state index contributed by atoms with van der Waals surface area (Å²) < 4.78 is 7.01. The van der Waals surface area contributed by atoms with Crippen LogP contribution in [0.25, 0.3) is 22.4 Å². The summed E-state index contributed by atoms with van der Waals surface area (Å²) in [5.74, 6) is -1.17. The number of ether oxygens (including phenoxy) is 1. The number of methoxy groups -OCH3 is 1. The van der Waals surface area contributed by atoms with E-state index in [-0.39, 0.29) is 13.0 Å². The Morgan fingerprint density at radius 3 is 2.52 bits per heavy atom. The first-order valence-corrected chi connectivity index (χ1v) is 7.56. The Hall–Kier alpha value is -3.35. The highest BCUT2D eigenvalue weighted by Crippen LogP contribution is 2.34. The van der Waals surface area contributed by atoms with Crippen molar-refractivity contribution in [2.24, 2.45) is 0 Å². The van der Waals surface area contributed by atoms with Crippen LogP contribution in [-0.4, -0.2) is 38.8 Å². The maximum atomic E-state index is 11.3. The van der Waals surface area contributed by atoms with Crippen LogP contribution in [0.15, 0.2) is 42.5 Å². The molecule has 0 atom stereocenters. The maximum absolute atomic E-state index is 11.3. The van der Waals surface area contributed by atoms with Crippen molar-refractivity contribution < 1.29 is 24.5 Å². The molecule has 0 fully saturated rings. The number of carboxylic acids is 2. The summed E-state index contributed by atoms with van der Waals surface area (Å²) in [6, 6.07) is 12.3. The molecule has 0 aliphatic rings. The molecule has 7 nitrogen and oxygen atoms in total. The first kappa shape index (κ1) is 16.5. The molecule has 0 aliphatic heterocycles. The average Bonchev–Trinajstić information content (AvgIpc) is 2.92. The van der Waals surface area contributed by atoms with Crippen LogP contribution >= 0.6 is 0 Å². The summed E-state index contributed by atoms with van der Waals surface area (Å²) in [4.78, 5) is 26.9. The Balaban J connectivity index is 2.25. The molecule has 3 rings (SSSR count). The predicted octanol–water partition coefficient (Wildman–Crippen LogP) is 2.42. The molecule has 0 bridgehead atoms. The standard InChI is InChI=1S/C18H16N2O5/c1-25-17-11(9-15(21)22)5-4-6-12(17)18-19-13-7-2-3-8-14(13)20(18)10-16(23)24/h2-8H,9-10H2,1H3,(H,21,22)(H,23,24). The smallest absolute Gasteiger partial charge is 0.323 e. The van der Waals surface area contributed by atoms with Crippen molar-refractivity contribution in [3.63, 3.8) is 0 Å². The molecule has 0 amide bonds. The second kappa shape index (κ2) is 6.64. The second-order valence-electron chi connectivity index (χ2n) is 5.47. The summed E-state index contributed by atoms with van der Waals surface area (Å²) in [7, 11) is 1.45. The van der Waals surface area contributed by atoms with Gasteiger partial charge in [0.05, 0.1) is 30.1 Å². The van der Waals surface area contributed by atoms with E-state index in [4.69, 9.17) is 9.84 Å². The molecule has 2 N–H and O–H groups in total. The van der Waals surface area contributed by atoms with Gasteiger partial charge in [0.1, 0.15) is 18.1 Å². The van der Waals surface area contributed by atoms with Crippen LogP contribution < -0.4 is 4.74 Å². The van der Waals surface area contributed by atoms with Gasteiger partial charge in [-0.1, -0.05) is 24.3 Å². The molecule has 0 aliphatic carbocycles. The third-order valence-electron chi connectivity index (χ3n) is 3.83. The highest BCUT2D eigenvalue weighted by Gasteiger charge is 2.20. The van der Waals surface area contributed by atoms with Crippen LogP contribution in [-0.2, 0) is 22.6 Å². The van der Waals surface area contributed by atoms with Crippen LogP contribution in [0.2, 0.25) is 0 Å². The SMILES string of the molecule is COc1c(CC(=O)O)cccc1-c1nc2ccccc2n1CC(=O)O. The molecule has 0 saturated carbocycles. The molecular formula is C18H16N2O5. The van der Waals surface area contributed by atoms with Gasteiger partial charge in [-0.2, -0.15) is 0 Å². The number of aliphatic carboxylic acids is 2. The molecule has 0 radical (unpaired) electrons. The number of imidazole rings is 1. The van der Waals surface area contributed by atoms with Crippen LogP contribution in [0.3, 0.4) is 0 Å². The minimum Gasteiger partial charge on any atom is -0.496 e. The van der Waals surface area contributed by atoms with Crippen molar-refractivity contribution in [3.8, 4) is 17.1 Å². The zero-order chi connectivity index (χ0) is 18.0. The predicted molar refractivity (Wildman–Crippen MR) is 90.7 cm³/mol. The van der Waals surface area contributed by atoms with E-state index >= 15 is 0 Å². The summed E-state index contributed by atoms with van der Waals surface area (Å²) in [5.41, 5.74) is 2.40. The topological polar surface area (TPSA) is 102 Å². The van der Waals surface area contributed by atoms with E-state index in [0.717, 1.165) is 0 Å². The zero-order valence-corrected chi connectivity index (χ0v) is 13.5. The molecule has 0 spiro atoms. The van der Waals surface area contributed by atoms with Crippen LogP contribution in [0.4, 0.5) is 0 Å². The fraction of sp³-hybridized carbons (Fsp3) is 0.167. The Morgan fingerprint density at radius 1 is 1.08 bits per heavy atom. The number of fused-ring (bicyclic) bond motifs is 1. The summed E-state index contributed by atoms with van der Waals surface area (Å²) in [5, 5.41) is 18.3. The number of aromatic nitrogens is 2. The lowest BCUT2D eigenvalue weighted by Gasteiger charge is -2.13. The van der Waals surface area contributed by atoms with Gasteiger partial charge < -0.3 is 19.5 Å². The van der Waals surface area contributed by atoms with Gasteiger partial charge in [0.25, 0.3) is 0 Å². The second-order valence-corrected chi connectivity index (χ2v) is 5.47. The van der Waals surface area contributed by atoms with E-state index in [1.54, 1.807) is 34.9 Å². The first-order valence-electron chi connectivity index (χ1n) is 7.56. The monoisotopic (exact) mass is 340 g/mol. The Labute approximate surface area is 143 Å². The fourth-order valence-electron chi connectivity index (χ4n) is 2.88.